The maximum absolute atomic E-state index is 6.04. The van der Waals surface area contributed by atoms with Gasteiger partial charge in [-0.05, 0) is 37.0 Å². The monoisotopic (exact) mass is 296 g/mol. The van der Waals surface area contributed by atoms with E-state index in [0.717, 1.165) is 22.5 Å². The minimum absolute atomic E-state index is 0.508. The first-order valence-corrected chi connectivity index (χ1v) is 7.94. The van der Waals surface area contributed by atoms with E-state index in [1.165, 1.54) is 25.0 Å². The largest absolute Gasteiger partial charge is 0.495 e. The average Bonchev–Trinajstić information content (AvgIpc) is 2.86. The van der Waals surface area contributed by atoms with E-state index in [1.54, 1.807) is 18.9 Å². The van der Waals surface area contributed by atoms with Crippen LogP contribution in [0.3, 0.4) is 0 Å². The summed E-state index contributed by atoms with van der Waals surface area (Å²) in [7, 11) is 1.66. The van der Waals surface area contributed by atoms with Crippen molar-refractivity contribution in [1.29, 1.82) is 0 Å². The lowest BCUT2D eigenvalue weighted by Gasteiger charge is -2.24. The lowest BCUT2D eigenvalue weighted by molar-refractivity contribution is 0.417. The molecule has 102 valence electrons. The molecule has 5 heteroatoms. The van der Waals surface area contributed by atoms with E-state index in [2.05, 4.69) is 5.32 Å². The summed E-state index contributed by atoms with van der Waals surface area (Å²) >= 11 is 7.84. The molecule has 1 heterocycles. The van der Waals surface area contributed by atoms with Gasteiger partial charge in [0.25, 0.3) is 0 Å². The summed E-state index contributed by atoms with van der Waals surface area (Å²) in [5.41, 5.74) is 0.887. The third-order valence-electron chi connectivity index (χ3n) is 3.74. The zero-order chi connectivity index (χ0) is 13.2. The molecular weight excluding hydrogens is 280 g/mol. The first-order valence-electron chi connectivity index (χ1n) is 6.57. The molecule has 2 aliphatic rings. The standard InChI is InChI=1S/C14H17ClN2OS/c1-18-13-6-5-10(15)7-12(13)17-14-16-11-4-2-3-9(11)8-19-14/h5-7,9,11H,2-4,8H2,1H3,(H,16,17). The molecule has 0 spiro atoms. The topological polar surface area (TPSA) is 33.6 Å². The molecule has 2 unspecified atom stereocenters. The molecule has 0 saturated heterocycles. The second kappa shape index (κ2) is 5.63. The molecule has 0 aromatic heterocycles. The number of amidine groups is 1. The SMILES string of the molecule is COc1ccc(Cl)cc1NC1=NC2CCCC2CS1. The van der Waals surface area contributed by atoms with Crippen molar-refractivity contribution >= 4 is 34.2 Å². The number of nitrogens with zero attached hydrogens (tertiary/aromatic N) is 1. The van der Waals surface area contributed by atoms with E-state index < -0.39 is 0 Å². The fraction of sp³-hybridized carbons (Fsp3) is 0.500. The van der Waals surface area contributed by atoms with E-state index in [1.807, 2.05) is 18.2 Å². The van der Waals surface area contributed by atoms with Crippen LogP contribution in [0.15, 0.2) is 23.2 Å². The smallest absolute Gasteiger partial charge is 0.161 e. The predicted octanol–water partition coefficient (Wildman–Crippen LogP) is 4.03. The van der Waals surface area contributed by atoms with Gasteiger partial charge in [0.05, 0.1) is 18.8 Å². The van der Waals surface area contributed by atoms with Gasteiger partial charge in [-0.2, -0.15) is 0 Å². The number of hydrogen-bond acceptors (Lipinski definition) is 4. The van der Waals surface area contributed by atoms with Crippen molar-refractivity contribution in [1.82, 2.24) is 0 Å². The van der Waals surface area contributed by atoms with Gasteiger partial charge in [-0.15, -0.1) is 0 Å². The number of halogens is 1. The van der Waals surface area contributed by atoms with Crippen molar-refractivity contribution in [3.8, 4) is 5.75 Å². The average molecular weight is 297 g/mol. The van der Waals surface area contributed by atoms with Crippen molar-refractivity contribution in [2.45, 2.75) is 25.3 Å². The molecule has 2 atom stereocenters. The highest BCUT2D eigenvalue weighted by Gasteiger charge is 2.31. The number of thioether (sulfide) groups is 1. The van der Waals surface area contributed by atoms with Gasteiger partial charge in [0.2, 0.25) is 0 Å². The summed E-state index contributed by atoms with van der Waals surface area (Å²) in [6.07, 6.45) is 3.87. The first-order chi connectivity index (χ1) is 9.26. The summed E-state index contributed by atoms with van der Waals surface area (Å²) in [6.45, 7) is 0. The Hall–Kier alpha value is -0.870. The third-order valence-corrected chi connectivity index (χ3v) is 5.05. The quantitative estimate of drug-likeness (QED) is 0.894. The van der Waals surface area contributed by atoms with Gasteiger partial charge in [0, 0.05) is 10.8 Å². The number of benzene rings is 1. The molecule has 1 aromatic carbocycles. The molecule has 1 fully saturated rings. The van der Waals surface area contributed by atoms with Crippen LogP contribution in [0.25, 0.3) is 0 Å². The molecule has 0 bridgehead atoms. The van der Waals surface area contributed by atoms with Gasteiger partial charge in [0.1, 0.15) is 5.75 Å². The van der Waals surface area contributed by atoms with Gasteiger partial charge in [0.15, 0.2) is 5.17 Å². The molecule has 0 radical (unpaired) electrons. The summed E-state index contributed by atoms with van der Waals surface area (Å²) in [6, 6.07) is 6.09. The van der Waals surface area contributed by atoms with Crippen molar-refractivity contribution in [2.75, 3.05) is 18.2 Å². The zero-order valence-corrected chi connectivity index (χ0v) is 12.4. The molecule has 19 heavy (non-hydrogen) atoms. The Morgan fingerprint density at radius 3 is 3.16 bits per heavy atom. The number of methoxy groups -OCH3 is 1. The summed E-state index contributed by atoms with van der Waals surface area (Å²) in [5, 5.41) is 5.04. The van der Waals surface area contributed by atoms with Gasteiger partial charge in [-0.1, -0.05) is 29.8 Å². The Morgan fingerprint density at radius 2 is 2.32 bits per heavy atom. The fourth-order valence-corrected chi connectivity index (χ4v) is 4.04. The minimum Gasteiger partial charge on any atom is -0.495 e. The van der Waals surface area contributed by atoms with Crippen molar-refractivity contribution in [2.24, 2.45) is 10.9 Å². The number of rotatable bonds is 2. The number of nitrogens with one attached hydrogen (secondary N) is 1. The Kier molecular flexibility index (Phi) is 3.89. The van der Waals surface area contributed by atoms with Crippen LogP contribution in [0.2, 0.25) is 5.02 Å². The lowest BCUT2D eigenvalue weighted by Crippen LogP contribution is -2.25. The highest BCUT2D eigenvalue weighted by Crippen LogP contribution is 2.36. The molecule has 1 aromatic rings. The van der Waals surface area contributed by atoms with Crippen LogP contribution in [0, 0.1) is 5.92 Å². The molecule has 0 amide bonds. The van der Waals surface area contributed by atoms with E-state index in [-0.39, 0.29) is 0 Å². The molecule has 1 aliphatic heterocycles. The predicted molar refractivity (Wildman–Crippen MR) is 82.6 cm³/mol. The van der Waals surface area contributed by atoms with E-state index >= 15 is 0 Å². The highest BCUT2D eigenvalue weighted by molar-refractivity contribution is 8.14. The number of anilines is 1. The molecule has 3 nitrogen and oxygen atoms in total. The van der Waals surface area contributed by atoms with Crippen molar-refractivity contribution in [3.05, 3.63) is 23.2 Å². The lowest BCUT2D eigenvalue weighted by atomic mass is 10.1. The Labute approximate surface area is 122 Å². The number of ether oxygens (including phenoxy) is 1. The summed E-state index contributed by atoms with van der Waals surface area (Å²) in [4.78, 5) is 4.81. The second-order valence-electron chi connectivity index (χ2n) is 4.97. The van der Waals surface area contributed by atoms with Crippen molar-refractivity contribution < 1.29 is 4.74 Å². The summed E-state index contributed by atoms with van der Waals surface area (Å²) < 4.78 is 5.34. The van der Waals surface area contributed by atoms with Crippen LogP contribution < -0.4 is 10.1 Å². The zero-order valence-electron chi connectivity index (χ0n) is 10.9. The van der Waals surface area contributed by atoms with E-state index in [9.17, 15) is 0 Å². The van der Waals surface area contributed by atoms with Gasteiger partial charge >= 0.3 is 0 Å². The number of hydrogen-bond donors (Lipinski definition) is 1. The molecule has 1 aliphatic carbocycles. The molecule has 1 saturated carbocycles. The van der Waals surface area contributed by atoms with E-state index in [4.69, 9.17) is 21.3 Å². The van der Waals surface area contributed by atoms with Gasteiger partial charge in [-0.3, -0.25) is 4.99 Å². The number of aliphatic imine (C=N–C) groups is 1. The van der Waals surface area contributed by atoms with Crippen LogP contribution in [0.1, 0.15) is 19.3 Å². The van der Waals surface area contributed by atoms with Crippen LogP contribution in [0.4, 0.5) is 5.69 Å². The van der Waals surface area contributed by atoms with Crippen LogP contribution in [0.5, 0.6) is 5.75 Å². The van der Waals surface area contributed by atoms with Crippen LogP contribution >= 0.6 is 23.4 Å². The molecular formula is C14H17ClN2OS. The van der Waals surface area contributed by atoms with Gasteiger partial charge in [-0.25, -0.2) is 0 Å². The molecule has 3 rings (SSSR count). The highest BCUT2D eigenvalue weighted by atomic mass is 35.5. The fourth-order valence-electron chi connectivity index (χ4n) is 2.72. The minimum atomic E-state index is 0.508. The summed E-state index contributed by atoms with van der Waals surface area (Å²) in [5.74, 6) is 2.73. The Balaban J connectivity index is 1.79. The van der Waals surface area contributed by atoms with E-state index in [0.29, 0.717) is 11.1 Å². The maximum atomic E-state index is 6.04. The Bertz CT molecular complexity index is 506. The third kappa shape index (κ3) is 2.84. The second-order valence-corrected chi connectivity index (χ2v) is 6.42. The normalized spacial score (nSPS) is 25.7. The van der Waals surface area contributed by atoms with Crippen molar-refractivity contribution in [3.63, 3.8) is 0 Å². The maximum Gasteiger partial charge on any atom is 0.161 e. The first kappa shape index (κ1) is 13.1. The van der Waals surface area contributed by atoms with Crippen LogP contribution in [-0.4, -0.2) is 24.1 Å². The van der Waals surface area contributed by atoms with Gasteiger partial charge < -0.3 is 10.1 Å². The van der Waals surface area contributed by atoms with Crippen LogP contribution in [-0.2, 0) is 0 Å². The molecule has 1 N–H and O–H groups in total. The Morgan fingerprint density at radius 1 is 1.42 bits per heavy atom. The number of fused-ring (bicyclic) bond motifs is 1.